The van der Waals surface area contributed by atoms with E-state index in [4.69, 9.17) is 15.2 Å². The molecule has 0 unspecified atom stereocenters. The van der Waals surface area contributed by atoms with Crippen molar-refractivity contribution in [2.45, 2.75) is 19.3 Å². The van der Waals surface area contributed by atoms with E-state index in [2.05, 4.69) is 6.58 Å². The lowest BCUT2D eigenvalue weighted by molar-refractivity contribution is 0.184. The predicted octanol–water partition coefficient (Wildman–Crippen LogP) is 2.80. The molecule has 0 aliphatic rings. The van der Waals surface area contributed by atoms with Crippen LogP contribution in [-0.2, 0) is 11.2 Å². The summed E-state index contributed by atoms with van der Waals surface area (Å²) in [5, 5.41) is 0. The molecule has 0 saturated carbocycles. The third-order valence-corrected chi connectivity index (χ3v) is 2.45. The molecule has 0 spiro atoms. The first kappa shape index (κ1) is 13.6. The maximum atomic E-state index is 5.75. The highest BCUT2D eigenvalue weighted by molar-refractivity contribution is 5.48. The molecule has 1 rings (SSSR count). The summed E-state index contributed by atoms with van der Waals surface area (Å²) in [6, 6.07) is 5.72. The smallest absolute Gasteiger partial charge is 0.122 e. The lowest BCUT2D eigenvalue weighted by Gasteiger charge is -2.11. The van der Waals surface area contributed by atoms with Gasteiger partial charge in [0, 0.05) is 19.4 Å². The van der Waals surface area contributed by atoms with Crippen LogP contribution < -0.4 is 10.5 Å². The fourth-order valence-corrected chi connectivity index (χ4v) is 1.59. The van der Waals surface area contributed by atoms with E-state index in [0.29, 0.717) is 6.61 Å². The summed E-state index contributed by atoms with van der Waals surface area (Å²) < 4.78 is 10.7. The highest BCUT2D eigenvalue weighted by atomic mass is 16.5. The molecular formula is C14H21NO2. The van der Waals surface area contributed by atoms with Gasteiger partial charge in [0.05, 0.1) is 6.61 Å². The van der Waals surface area contributed by atoms with Crippen LogP contribution in [-0.4, -0.2) is 20.3 Å². The zero-order valence-corrected chi connectivity index (χ0v) is 10.4. The van der Waals surface area contributed by atoms with Crippen LogP contribution in [0.1, 0.15) is 18.4 Å². The highest BCUT2D eigenvalue weighted by Crippen LogP contribution is 2.22. The van der Waals surface area contributed by atoms with Gasteiger partial charge in [0.2, 0.25) is 0 Å². The van der Waals surface area contributed by atoms with Gasteiger partial charge >= 0.3 is 0 Å². The van der Waals surface area contributed by atoms with Crippen molar-refractivity contribution in [2.75, 3.05) is 26.1 Å². The van der Waals surface area contributed by atoms with E-state index in [9.17, 15) is 0 Å². The van der Waals surface area contributed by atoms with E-state index in [0.717, 1.165) is 42.9 Å². The summed E-state index contributed by atoms with van der Waals surface area (Å²) in [5.74, 6) is 0.900. The van der Waals surface area contributed by atoms with Crippen LogP contribution in [0.3, 0.4) is 0 Å². The van der Waals surface area contributed by atoms with Crippen molar-refractivity contribution in [1.82, 2.24) is 0 Å². The Balaban J connectivity index is 2.48. The Hall–Kier alpha value is -1.48. The molecule has 3 heteroatoms. The van der Waals surface area contributed by atoms with Gasteiger partial charge in [-0.05, 0) is 43.0 Å². The molecule has 17 heavy (non-hydrogen) atoms. The topological polar surface area (TPSA) is 44.5 Å². The molecule has 0 aromatic heterocycles. The summed E-state index contributed by atoms with van der Waals surface area (Å²) in [7, 11) is 1.71. The summed E-state index contributed by atoms with van der Waals surface area (Å²) in [6.45, 7) is 5.22. The number of benzene rings is 1. The summed E-state index contributed by atoms with van der Waals surface area (Å²) in [5.41, 5.74) is 7.59. The Morgan fingerprint density at radius 3 is 2.76 bits per heavy atom. The molecule has 0 radical (unpaired) electrons. The van der Waals surface area contributed by atoms with E-state index in [-0.39, 0.29) is 0 Å². The quantitative estimate of drug-likeness (QED) is 0.428. The van der Waals surface area contributed by atoms with Gasteiger partial charge in [0.1, 0.15) is 5.75 Å². The molecule has 0 fully saturated rings. The van der Waals surface area contributed by atoms with Crippen molar-refractivity contribution in [1.29, 1.82) is 0 Å². The lowest BCUT2D eigenvalue weighted by Crippen LogP contribution is -2.02. The summed E-state index contributed by atoms with van der Waals surface area (Å²) >= 11 is 0. The minimum absolute atomic E-state index is 0.706. The van der Waals surface area contributed by atoms with Crippen LogP contribution in [0.2, 0.25) is 0 Å². The Bertz CT molecular complexity index is 350. The predicted molar refractivity (Wildman–Crippen MR) is 71.4 cm³/mol. The first-order chi connectivity index (χ1) is 8.27. The molecule has 0 aliphatic carbocycles. The number of rotatable bonds is 8. The minimum atomic E-state index is 0.706. The Morgan fingerprint density at radius 1 is 1.29 bits per heavy atom. The van der Waals surface area contributed by atoms with Gasteiger partial charge in [-0.1, -0.05) is 6.08 Å². The Morgan fingerprint density at radius 2 is 2.06 bits per heavy atom. The second-order valence-corrected chi connectivity index (χ2v) is 3.91. The molecule has 0 aliphatic heterocycles. The molecule has 1 aromatic rings. The zero-order chi connectivity index (χ0) is 12.5. The summed E-state index contributed by atoms with van der Waals surface area (Å²) in [4.78, 5) is 0. The van der Waals surface area contributed by atoms with Gasteiger partial charge in [-0.25, -0.2) is 0 Å². The highest BCUT2D eigenvalue weighted by Gasteiger charge is 2.02. The number of unbranched alkanes of at least 4 members (excludes halogenated alkanes) is 1. The Kier molecular flexibility index (Phi) is 6.18. The maximum absolute atomic E-state index is 5.75. The number of ether oxygens (including phenoxy) is 2. The normalized spacial score (nSPS) is 10.2. The molecule has 0 amide bonds. The number of anilines is 1. The van der Waals surface area contributed by atoms with Crippen LogP contribution in [0.4, 0.5) is 5.69 Å². The van der Waals surface area contributed by atoms with Gasteiger partial charge in [0.25, 0.3) is 0 Å². The van der Waals surface area contributed by atoms with E-state index >= 15 is 0 Å². The third kappa shape index (κ3) is 4.91. The molecule has 0 bridgehead atoms. The number of nitrogen functional groups attached to an aromatic ring is 1. The molecule has 0 atom stereocenters. The van der Waals surface area contributed by atoms with Crippen molar-refractivity contribution in [3.05, 3.63) is 36.4 Å². The van der Waals surface area contributed by atoms with Gasteiger partial charge < -0.3 is 15.2 Å². The second kappa shape index (κ2) is 7.74. The Labute approximate surface area is 103 Å². The van der Waals surface area contributed by atoms with Gasteiger partial charge in [-0.2, -0.15) is 0 Å². The molecule has 2 N–H and O–H groups in total. The summed E-state index contributed by atoms with van der Waals surface area (Å²) in [6.07, 6.45) is 4.64. The van der Waals surface area contributed by atoms with E-state index in [1.54, 1.807) is 7.11 Å². The molecule has 0 saturated heterocycles. The van der Waals surface area contributed by atoms with Crippen molar-refractivity contribution in [3.8, 4) is 5.75 Å². The number of nitrogens with two attached hydrogens (primary N) is 1. The number of methoxy groups -OCH3 is 1. The number of hydrogen-bond donors (Lipinski definition) is 1. The third-order valence-electron chi connectivity index (χ3n) is 2.45. The minimum Gasteiger partial charge on any atom is -0.493 e. The number of hydrogen-bond acceptors (Lipinski definition) is 3. The fourth-order valence-electron chi connectivity index (χ4n) is 1.59. The van der Waals surface area contributed by atoms with Crippen LogP contribution >= 0.6 is 0 Å². The molecule has 94 valence electrons. The van der Waals surface area contributed by atoms with Crippen molar-refractivity contribution < 1.29 is 9.47 Å². The number of allylic oxidation sites excluding steroid dienone is 1. The average molecular weight is 235 g/mol. The monoisotopic (exact) mass is 235 g/mol. The first-order valence-electron chi connectivity index (χ1n) is 5.89. The largest absolute Gasteiger partial charge is 0.493 e. The van der Waals surface area contributed by atoms with Gasteiger partial charge in [-0.15, -0.1) is 6.58 Å². The molecule has 0 heterocycles. The molecular weight excluding hydrogens is 214 g/mol. The van der Waals surface area contributed by atoms with Crippen molar-refractivity contribution in [2.24, 2.45) is 0 Å². The van der Waals surface area contributed by atoms with Crippen LogP contribution in [0.15, 0.2) is 30.9 Å². The van der Waals surface area contributed by atoms with Crippen molar-refractivity contribution >= 4 is 5.69 Å². The second-order valence-electron chi connectivity index (χ2n) is 3.91. The van der Waals surface area contributed by atoms with Crippen molar-refractivity contribution in [3.63, 3.8) is 0 Å². The van der Waals surface area contributed by atoms with Gasteiger partial charge in [-0.3, -0.25) is 0 Å². The van der Waals surface area contributed by atoms with Crippen LogP contribution in [0.25, 0.3) is 0 Å². The van der Waals surface area contributed by atoms with E-state index < -0.39 is 0 Å². The van der Waals surface area contributed by atoms with Gasteiger partial charge in [0.15, 0.2) is 0 Å². The standard InChI is InChI=1S/C14H21NO2/c1-3-6-12-11-13(15)7-8-14(12)17-10-5-4-9-16-2/h3,7-8,11H,1,4-6,9-10,15H2,2H3. The molecule has 3 nitrogen and oxygen atoms in total. The van der Waals surface area contributed by atoms with E-state index in [1.165, 1.54) is 0 Å². The zero-order valence-electron chi connectivity index (χ0n) is 10.4. The van der Waals surface area contributed by atoms with E-state index in [1.807, 2.05) is 24.3 Å². The van der Waals surface area contributed by atoms with Crippen LogP contribution in [0.5, 0.6) is 5.75 Å². The average Bonchev–Trinajstić information content (AvgIpc) is 2.32. The fraction of sp³-hybridized carbons (Fsp3) is 0.429. The SMILES string of the molecule is C=CCc1cc(N)ccc1OCCCCOC. The first-order valence-corrected chi connectivity index (χ1v) is 5.89. The molecule has 1 aromatic carbocycles. The maximum Gasteiger partial charge on any atom is 0.122 e. The van der Waals surface area contributed by atoms with Crippen LogP contribution in [0, 0.1) is 0 Å². The lowest BCUT2D eigenvalue weighted by atomic mass is 10.1.